The molecule has 0 amide bonds. The van der Waals surface area contributed by atoms with Gasteiger partial charge in [-0.05, 0) is 32.1 Å². The van der Waals surface area contributed by atoms with Crippen LogP contribution in [-0.4, -0.2) is 0 Å². The third-order valence-corrected chi connectivity index (χ3v) is 3.55. The Morgan fingerprint density at radius 2 is 1.16 bits per heavy atom. The first-order valence-electron chi connectivity index (χ1n) is 8.43. The lowest BCUT2D eigenvalue weighted by Crippen LogP contribution is -1.81. The van der Waals surface area contributed by atoms with Crippen LogP contribution in [0.15, 0.2) is 12.2 Å². The normalized spacial score (nSPS) is 10.9. The predicted molar refractivity (Wildman–Crippen MR) is 85.1 cm³/mol. The van der Waals surface area contributed by atoms with Gasteiger partial charge >= 0.3 is 0 Å². The van der Waals surface area contributed by atoms with E-state index in [0.29, 0.717) is 0 Å². The molecule has 19 heavy (non-hydrogen) atoms. The highest BCUT2D eigenvalue weighted by molar-refractivity contribution is 4.81. The fraction of sp³-hybridized carbons (Fsp3) is 0.833. The zero-order chi connectivity index (χ0) is 14.0. The van der Waals surface area contributed by atoms with Gasteiger partial charge in [0.2, 0.25) is 0 Å². The maximum Gasteiger partial charge on any atom is 0.0621 e. The van der Waals surface area contributed by atoms with E-state index >= 15 is 0 Å². The van der Waals surface area contributed by atoms with Crippen molar-refractivity contribution in [3.8, 4) is 6.07 Å². The fourth-order valence-electron chi connectivity index (χ4n) is 2.27. The SMILES string of the molecule is CCCCC/C=C/CCCCCCCCCCC#N. The van der Waals surface area contributed by atoms with Crippen molar-refractivity contribution in [1.82, 2.24) is 0 Å². The zero-order valence-corrected chi connectivity index (χ0v) is 13.0. The van der Waals surface area contributed by atoms with Gasteiger partial charge < -0.3 is 0 Å². The molecule has 0 fully saturated rings. The topological polar surface area (TPSA) is 23.8 Å². The summed E-state index contributed by atoms with van der Waals surface area (Å²) in [6, 6.07) is 2.21. The summed E-state index contributed by atoms with van der Waals surface area (Å²) in [4.78, 5) is 0. The van der Waals surface area contributed by atoms with Gasteiger partial charge in [-0.1, -0.05) is 70.4 Å². The number of nitriles is 1. The average molecular weight is 263 g/mol. The van der Waals surface area contributed by atoms with E-state index in [-0.39, 0.29) is 0 Å². The highest BCUT2D eigenvalue weighted by Crippen LogP contribution is 2.10. The molecular formula is C18H33N. The van der Waals surface area contributed by atoms with Gasteiger partial charge in [-0.15, -0.1) is 0 Å². The van der Waals surface area contributed by atoms with Crippen LogP contribution >= 0.6 is 0 Å². The first-order chi connectivity index (χ1) is 9.41. The first kappa shape index (κ1) is 18.2. The van der Waals surface area contributed by atoms with E-state index in [2.05, 4.69) is 25.1 Å². The second-order valence-corrected chi connectivity index (χ2v) is 5.49. The minimum absolute atomic E-state index is 0.741. The Morgan fingerprint density at radius 1 is 0.684 bits per heavy atom. The summed E-state index contributed by atoms with van der Waals surface area (Å²) in [6.45, 7) is 2.26. The summed E-state index contributed by atoms with van der Waals surface area (Å²) in [7, 11) is 0. The average Bonchev–Trinajstić information content (AvgIpc) is 2.43. The van der Waals surface area contributed by atoms with Crippen molar-refractivity contribution in [2.24, 2.45) is 0 Å². The van der Waals surface area contributed by atoms with E-state index in [1.165, 1.54) is 77.0 Å². The standard InChI is InChI=1S/C18H33N/c1-2-3-4-5-6-7-8-9-10-11-12-13-14-15-16-17-18-19/h6-7H,2-5,8-17H2,1H3/b7-6+. The monoisotopic (exact) mass is 263 g/mol. The van der Waals surface area contributed by atoms with Crippen molar-refractivity contribution in [2.45, 2.75) is 96.8 Å². The van der Waals surface area contributed by atoms with E-state index in [4.69, 9.17) is 5.26 Å². The van der Waals surface area contributed by atoms with Crippen molar-refractivity contribution in [2.75, 3.05) is 0 Å². The highest BCUT2D eigenvalue weighted by atomic mass is 14.2. The fourth-order valence-corrected chi connectivity index (χ4v) is 2.27. The van der Waals surface area contributed by atoms with E-state index in [1.807, 2.05) is 0 Å². The number of hydrogen-bond acceptors (Lipinski definition) is 1. The second kappa shape index (κ2) is 17.2. The number of rotatable bonds is 14. The van der Waals surface area contributed by atoms with Gasteiger partial charge in [0.05, 0.1) is 6.07 Å². The van der Waals surface area contributed by atoms with Crippen LogP contribution in [0.1, 0.15) is 96.8 Å². The largest absolute Gasteiger partial charge is 0.198 e. The van der Waals surface area contributed by atoms with Crippen molar-refractivity contribution in [1.29, 1.82) is 5.26 Å². The van der Waals surface area contributed by atoms with Crippen LogP contribution in [0.5, 0.6) is 0 Å². The minimum Gasteiger partial charge on any atom is -0.198 e. The third kappa shape index (κ3) is 17.2. The molecule has 0 radical (unpaired) electrons. The van der Waals surface area contributed by atoms with Crippen LogP contribution in [-0.2, 0) is 0 Å². The molecule has 1 heteroatoms. The summed E-state index contributed by atoms with van der Waals surface area (Å²) < 4.78 is 0. The van der Waals surface area contributed by atoms with Gasteiger partial charge in [-0.25, -0.2) is 0 Å². The Labute approximate surface area is 121 Å². The van der Waals surface area contributed by atoms with E-state index in [9.17, 15) is 0 Å². The molecule has 0 unspecified atom stereocenters. The third-order valence-electron chi connectivity index (χ3n) is 3.55. The van der Waals surface area contributed by atoms with Crippen LogP contribution < -0.4 is 0 Å². The van der Waals surface area contributed by atoms with Gasteiger partial charge in [0, 0.05) is 6.42 Å². The van der Waals surface area contributed by atoms with Crippen LogP contribution in [0.3, 0.4) is 0 Å². The molecular weight excluding hydrogens is 230 g/mol. The molecule has 0 saturated heterocycles. The first-order valence-corrected chi connectivity index (χ1v) is 8.43. The Kier molecular flexibility index (Phi) is 16.5. The maximum absolute atomic E-state index is 8.41. The van der Waals surface area contributed by atoms with Crippen molar-refractivity contribution in [3.05, 3.63) is 12.2 Å². The molecule has 0 aromatic carbocycles. The molecule has 0 heterocycles. The van der Waals surface area contributed by atoms with Crippen molar-refractivity contribution in [3.63, 3.8) is 0 Å². The van der Waals surface area contributed by atoms with Crippen LogP contribution in [0.4, 0.5) is 0 Å². The lowest BCUT2D eigenvalue weighted by Gasteiger charge is -2.00. The quantitative estimate of drug-likeness (QED) is 0.257. The lowest BCUT2D eigenvalue weighted by molar-refractivity contribution is 0.572. The molecule has 1 nitrogen and oxygen atoms in total. The molecule has 0 spiro atoms. The number of hydrogen-bond donors (Lipinski definition) is 0. The van der Waals surface area contributed by atoms with Gasteiger partial charge in [0.25, 0.3) is 0 Å². The van der Waals surface area contributed by atoms with E-state index in [0.717, 1.165) is 12.8 Å². The smallest absolute Gasteiger partial charge is 0.0621 e. The van der Waals surface area contributed by atoms with Gasteiger partial charge in [-0.3, -0.25) is 0 Å². The summed E-state index contributed by atoms with van der Waals surface area (Å²) in [5.74, 6) is 0. The van der Waals surface area contributed by atoms with Crippen molar-refractivity contribution < 1.29 is 0 Å². The Balaban J connectivity index is 3.00. The molecule has 0 saturated carbocycles. The van der Waals surface area contributed by atoms with E-state index in [1.54, 1.807) is 0 Å². The molecule has 0 rings (SSSR count). The summed E-state index contributed by atoms with van der Waals surface area (Å²) >= 11 is 0. The number of nitrogens with zero attached hydrogens (tertiary/aromatic N) is 1. The van der Waals surface area contributed by atoms with Crippen LogP contribution in [0.25, 0.3) is 0 Å². The molecule has 0 atom stereocenters. The van der Waals surface area contributed by atoms with Crippen LogP contribution in [0, 0.1) is 11.3 Å². The molecule has 0 aliphatic heterocycles. The lowest BCUT2D eigenvalue weighted by atomic mass is 10.1. The zero-order valence-electron chi connectivity index (χ0n) is 13.0. The number of unbranched alkanes of at least 4 members (excludes halogenated alkanes) is 12. The molecule has 0 aliphatic carbocycles. The molecule has 0 N–H and O–H groups in total. The minimum atomic E-state index is 0.741. The molecule has 0 aliphatic rings. The number of allylic oxidation sites excluding steroid dienone is 2. The molecule has 110 valence electrons. The Hall–Kier alpha value is -0.770. The summed E-state index contributed by atoms with van der Waals surface area (Å²) in [6.07, 6.45) is 22.6. The van der Waals surface area contributed by atoms with Crippen LogP contribution in [0.2, 0.25) is 0 Å². The Bertz CT molecular complexity index is 224. The van der Waals surface area contributed by atoms with Gasteiger partial charge in [0.1, 0.15) is 0 Å². The predicted octanol–water partition coefficient (Wildman–Crippen LogP) is 6.55. The summed E-state index contributed by atoms with van der Waals surface area (Å²) in [5, 5.41) is 8.41. The van der Waals surface area contributed by atoms with Gasteiger partial charge in [0.15, 0.2) is 0 Å². The second-order valence-electron chi connectivity index (χ2n) is 5.49. The highest BCUT2D eigenvalue weighted by Gasteiger charge is 1.91. The molecule has 0 bridgehead atoms. The van der Waals surface area contributed by atoms with Gasteiger partial charge in [-0.2, -0.15) is 5.26 Å². The van der Waals surface area contributed by atoms with E-state index < -0.39 is 0 Å². The maximum atomic E-state index is 8.41. The summed E-state index contributed by atoms with van der Waals surface area (Å²) in [5.41, 5.74) is 0. The molecule has 0 aromatic heterocycles. The Morgan fingerprint density at radius 3 is 1.68 bits per heavy atom. The van der Waals surface area contributed by atoms with Crippen molar-refractivity contribution >= 4 is 0 Å². The molecule has 0 aromatic rings.